The second-order valence-electron chi connectivity index (χ2n) is 7.24. The molecule has 24 heavy (non-hydrogen) atoms. The molecule has 0 amide bonds. The monoisotopic (exact) mass is 332 g/mol. The molecule has 2 heteroatoms. The van der Waals surface area contributed by atoms with Crippen molar-refractivity contribution in [2.24, 2.45) is 5.92 Å². The zero-order valence-corrected chi connectivity index (χ0v) is 15.8. The van der Waals surface area contributed by atoms with Crippen molar-refractivity contribution in [3.63, 3.8) is 0 Å². The molecule has 0 spiro atoms. The van der Waals surface area contributed by atoms with E-state index in [9.17, 15) is 0 Å². The van der Waals surface area contributed by atoms with Crippen LogP contribution in [0.4, 0.5) is 0 Å². The Hall–Kier alpha value is -1.02. The predicted molar refractivity (Wildman–Crippen MR) is 102 cm³/mol. The van der Waals surface area contributed by atoms with Crippen molar-refractivity contribution in [1.82, 2.24) is 0 Å². The molecule has 2 nitrogen and oxygen atoms in total. The Morgan fingerprint density at radius 1 is 0.917 bits per heavy atom. The highest BCUT2D eigenvalue weighted by Gasteiger charge is 2.22. The van der Waals surface area contributed by atoms with E-state index < -0.39 is 0 Å². The Kier molecular flexibility index (Phi) is 9.27. The van der Waals surface area contributed by atoms with Gasteiger partial charge in [0.25, 0.3) is 0 Å². The first-order chi connectivity index (χ1) is 11.8. The van der Waals surface area contributed by atoms with Crippen molar-refractivity contribution in [2.45, 2.75) is 84.2 Å². The highest BCUT2D eigenvalue weighted by Crippen LogP contribution is 2.33. The molecule has 0 saturated carbocycles. The fourth-order valence-electron chi connectivity index (χ4n) is 3.45. The van der Waals surface area contributed by atoms with E-state index in [1.54, 1.807) is 0 Å². The Balaban J connectivity index is 1.66. The second-order valence-corrected chi connectivity index (χ2v) is 7.24. The zero-order chi connectivity index (χ0) is 17.0. The van der Waals surface area contributed by atoms with Crippen LogP contribution in [0.1, 0.15) is 89.7 Å². The molecule has 1 aliphatic heterocycles. The van der Waals surface area contributed by atoms with Crippen LogP contribution in [-0.4, -0.2) is 13.2 Å². The van der Waals surface area contributed by atoms with E-state index in [0.717, 1.165) is 37.7 Å². The molecule has 1 aromatic rings. The minimum absolute atomic E-state index is 0.283. The molecule has 1 saturated heterocycles. The van der Waals surface area contributed by atoms with E-state index >= 15 is 0 Å². The Morgan fingerprint density at radius 2 is 1.67 bits per heavy atom. The van der Waals surface area contributed by atoms with Crippen LogP contribution in [0.15, 0.2) is 24.3 Å². The highest BCUT2D eigenvalue weighted by molar-refractivity contribution is 5.28. The van der Waals surface area contributed by atoms with E-state index in [1.807, 2.05) is 0 Å². The van der Waals surface area contributed by atoms with Crippen molar-refractivity contribution in [3.8, 4) is 5.75 Å². The molecule has 1 fully saturated rings. The maximum atomic E-state index is 6.15. The van der Waals surface area contributed by atoms with Gasteiger partial charge in [0.15, 0.2) is 0 Å². The zero-order valence-electron chi connectivity index (χ0n) is 15.8. The van der Waals surface area contributed by atoms with E-state index in [-0.39, 0.29) is 6.10 Å². The van der Waals surface area contributed by atoms with E-state index in [1.165, 1.54) is 56.9 Å². The summed E-state index contributed by atoms with van der Waals surface area (Å²) in [5, 5.41) is 0. The topological polar surface area (TPSA) is 18.5 Å². The Bertz CT molecular complexity index is 418. The molecule has 0 radical (unpaired) electrons. The fourth-order valence-corrected chi connectivity index (χ4v) is 3.45. The van der Waals surface area contributed by atoms with Crippen LogP contribution in [0.3, 0.4) is 0 Å². The van der Waals surface area contributed by atoms with Crippen molar-refractivity contribution in [3.05, 3.63) is 29.8 Å². The normalized spacial score (nSPS) is 20.9. The molecular formula is C22H36O2. The van der Waals surface area contributed by atoms with Crippen molar-refractivity contribution < 1.29 is 9.47 Å². The van der Waals surface area contributed by atoms with Gasteiger partial charge in [0.1, 0.15) is 5.75 Å². The van der Waals surface area contributed by atoms with Gasteiger partial charge in [-0.15, -0.1) is 0 Å². The van der Waals surface area contributed by atoms with Gasteiger partial charge in [-0.1, -0.05) is 64.5 Å². The average Bonchev–Trinajstić information content (AvgIpc) is 2.63. The lowest BCUT2D eigenvalue weighted by atomic mass is 9.91. The number of unbranched alkanes of at least 4 members (excludes halogenated alkanes) is 5. The molecule has 2 unspecified atom stereocenters. The summed E-state index contributed by atoms with van der Waals surface area (Å²) in [5.74, 6) is 1.76. The number of benzene rings is 1. The summed E-state index contributed by atoms with van der Waals surface area (Å²) in [6.45, 7) is 6.22. The minimum atomic E-state index is 0.283. The molecule has 1 heterocycles. The van der Waals surface area contributed by atoms with Gasteiger partial charge in [-0.25, -0.2) is 0 Å². The van der Waals surface area contributed by atoms with Crippen molar-refractivity contribution >= 4 is 0 Å². The summed E-state index contributed by atoms with van der Waals surface area (Å²) in [6.07, 6.45) is 13.3. The summed E-state index contributed by atoms with van der Waals surface area (Å²) in [6, 6.07) is 8.54. The first kappa shape index (κ1) is 19.3. The molecular weight excluding hydrogens is 296 g/mol. The second kappa shape index (κ2) is 11.5. The molecule has 0 aliphatic carbocycles. The summed E-state index contributed by atoms with van der Waals surface area (Å²) in [5.41, 5.74) is 1.30. The maximum Gasteiger partial charge on any atom is 0.119 e. The van der Waals surface area contributed by atoms with Crippen LogP contribution in [0.2, 0.25) is 0 Å². The van der Waals surface area contributed by atoms with Gasteiger partial charge >= 0.3 is 0 Å². The van der Waals surface area contributed by atoms with Gasteiger partial charge in [0.05, 0.1) is 19.3 Å². The molecule has 0 bridgehead atoms. The van der Waals surface area contributed by atoms with Crippen LogP contribution >= 0.6 is 0 Å². The number of ether oxygens (including phenoxy) is 2. The number of hydrogen-bond donors (Lipinski definition) is 0. The van der Waals surface area contributed by atoms with Gasteiger partial charge in [0.2, 0.25) is 0 Å². The van der Waals surface area contributed by atoms with Gasteiger partial charge in [-0.3, -0.25) is 0 Å². The third-order valence-corrected chi connectivity index (χ3v) is 5.10. The van der Waals surface area contributed by atoms with Crippen LogP contribution in [0.5, 0.6) is 5.75 Å². The molecule has 0 N–H and O–H groups in total. The fraction of sp³-hybridized carbons (Fsp3) is 0.727. The van der Waals surface area contributed by atoms with Gasteiger partial charge in [0, 0.05) is 0 Å². The van der Waals surface area contributed by atoms with Crippen LogP contribution in [0.25, 0.3) is 0 Å². The lowest BCUT2D eigenvalue weighted by Gasteiger charge is -2.29. The van der Waals surface area contributed by atoms with Gasteiger partial charge in [-0.2, -0.15) is 0 Å². The molecule has 1 aliphatic rings. The Morgan fingerprint density at radius 3 is 2.33 bits per heavy atom. The molecule has 2 atom stereocenters. The van der Waals surface area contributed by atoms with E-state index in [2.05, 4.69) is 38.1 Å². The summed E-state index contributed by atoms with van der Waals surface area (Å²) >= 11 is 0. The van der Waals surface area contributed by atoms with Crippen molar-refractivity contribution in [1.29, 1.82) is 0 Å². The molecule has 136 valence electrons. The van der Waals surface area contributed by atoms with Crippen LogP contribution in [-0.2, 0) is 4.74 Å². The Labute approximate surface area is 148 Å². The first-order valence-corrected chi connectivity index (χ1v) is 10.2. The van der Waals surface area contributed by atoms with Gasteiger partial charge in [-0.05, 0) is 49.3 Å². The van der Waals surface area contributed by atoms with E-state index in [4.69, 9.17) is 9.47 Å². The maximum absolute atomic E-state index is 6.15. The third kappa shape index (κ3) is 6.84. The SMILES string of the molecule is CCCCCCCC1CCC(c2ccc(OCCCC)cc2)OC1. The van der Waals surface area contributed by atoms with Crippen LogP contribution < -0.4 is 4.74 Å². The molecule has 0 aromatic heterocycles. The van der Waals surface area contributed by atoms with Crippen molar-refractivity contribution in [2.75, 3.05) is 13.2 Å². The van der Waals surface area contributed by atoms with Gasteiger partial charge < -0.3 is 9.47 Å². The van der Waals surface area contributed by atoms with Crippen LogP contribution in [0, 0.1) is 5.92 Å². The highest BCUT2D eigenvalue weighted by atomic mass is 16.5. The largest absolute Gasteiger partial charge is 0.494 e. The lowest BCUT2D eigenvalue weighted by Crippen LogP contribution is -2.20. The standard InChI is InChI=1S/C22H36O2/c1-3-5-7-8-9-10-19-11-16-22(24-18-19)20-12-14-21(15-13-20)23-17-6-4-2/h12-15,19,22H,3-11,16-18H2,1-2H3. The lowest BCUT2D eigenvalue weighted by molar-refractivity contribution is -0.0199. The average molecular weight is 333 g/mol. The summed E-state index contributed by atoms with van der Waals surface area (Å²) in [7, 11) is 0. The summed E-state index contributed by atoms with van der Waals surface area (Å²) < 4.78 is 11.9. The smallest absolute Gasteiger partial charge is 0.119 e. The number of rotatable bonds is 11. The molecule has 2 rings (SSSR count). The predicted octanol–water partition coefficient (Wildman–Crippen LogP) is 6.69. The third-order valence-electron chi connectivity index (χ3n) is 5.10. The summed E-state index contributed by atoms with van der Waals surface area (Å²) in [4.78, 5) is 0. The molecule has 1 aromatic carbocycles. The number of hydrogen-bond acceptors (Lipinski definition) is 2. The quantitative estimate of drug-likeness (QED) is 0.420. The van der Waals surface area contributed by atoms with E-state index in [0.29, 0.717) is 0 Å². The minimum Gasteiger partial charge on any atom is -0.494 e. The first-order valence-electron chi connectivity index (χ1n) is 10.2.